The molecule has 0 bridgehead atoms. The van der Waals surface area contributed by atoms with E-state index >= 15 is 9.59 Å². The van der Waals surface area contributed by atoms with Gasteiger partial charge in [0.05, 0.1) is 11.0 Å². The second-order valence-corrected chi connectivity index (χ2v) is 14.7. The van der Waals surface area contributed by atoms with Crippen LogP contribution in [0.2, 0.25) is 0 Å². The Bertz CT molecular complexity index is 3200. The lowest BCUT2D eigenvalue weighted by Crippen LogP contribution is -2.61. The van der Waals surface area contributed by atoms with Crippen molar-refractivity contribution in [1.29, 1.82) is 0 Å². The molecule has 0 N–H and O–H groups in total. The quantitative estimate of drug-likeness (QED) is 0.105. The third-order valence-electron chi connectivity index (χ3n) is 11.9. The molecule has 0 radical (unpaired) electrons. The molecular formula is C50H29BN2O2. The van der Waals surface area contributed by atoms with E-state index in [2.05, 4.69) is 97.1 Å². The van der Waals surface area contributed by atoms with Gasteiger partial charge in [-0.25, -0.2) is 0 Å². The summed E-state index contributed by atoms with van der Waals surface area (Å²) in [4.78, 5) is 30.4. The van der Waals surface area contributed by atoms with Gasteiger partial charge in [-0.15, -0.1) is 0 Å². The van der Waals surface area contributed by atoms with E-state index in [-0.39, 0.29) is 17.8 Å². The zero-order valence-electron chi connectivity index (χ0n) is 29.5. The Hall–Kier alpha value is -7.24. The summed E-state index contributed by atoms with van der Waals surface area (Å²) >= 11 is 0. The number of hydrogen-bond acceptors (Lipinski definition) is 2. The van der Waals surface area contributed by atoms with E-state index in [0.717, 1.165) is 93.7 Å². The number of hydrogen-bond donors (Lipinski definition) is 0. The summed E-state index contributed by atoms with van der Waals surface area (Å²) in [6, 6.07) is 60.4. The van der Waals surface area contributed by atoms with E-state index in [4.69, 9.17) is 0 Å². The van der Waals surface area contributed by atoms with Crippen LogP contribution in [0.4, 0.5) is 0 Å². The maximum absolute atomic E-state index is 15.2. The molecular weight excluding hydrogens is 671 g/mol. The SMILES string of the molecule is O=c1c2ccccc2c2c(-c3ccccc3)c3c4ccccc4c(=O)n4c3c3c2n1-c1cc(-c2ccccc2)ccc1B3c1ccc(-c2ccccc2)cc1-4. The fourth-order valence-electron chi connectivity index (χ4n) is 9.64. The molecule has 0 atom stereocenters. The predicted molar refractivity (Wildman–Crippen MR) is 229 cm³/mol. The van der Waals surface area contributed by atoms with Crippen molar-refractivity contribution in [2.24, 2.45) is 0 Å². The molecule has 4 nitrogen and oxygen atoms in total. The van der Waals surface area contributed by atoms with Crippen molar-refractivity contribution < 1.29 is 0 Å². The second-order valence-electron chi connectivity index (χ2n) is 14.7. The number of benzene rings is 8. The first-order valence-electron chi connectivity index (χ1n) is 18.7. The topological polar surface area (TPSA) is 44.0 Å². The molecule has 10 aromatic rings. The Balaban J connectivity index is 1.39. The zero-order chi connectivity index (χ0) is 36.4. The second kappa shape index (κ2) is 11.1. The van der Waals surface area contributed by atoms with E-state index in [9.17, 15) is 0 Å². The molecule has 12 rings (SSSR count). The van der Waals surface area contributed by atoms with Gasteiger partial charge in [-0.05, 0) is 79.2 Å². The smallest absolute Gasteiger partial charge is 0.263 e. The molecule has 2 aliphatic heterocycles. The maximum atomic E-state index is 15.2. The molecule has 2 aliphatic rings. The number of aromatic nitrogens is 2. The lowest BCUT2D eigenvalue weighted by Gasteiger charge is -2.36. The minimum Gasteiger partial charge on any atom is -0.277 e. The van der Waals surface area contributed by atoms with Crippen LogP contribution in [0.25, 0.3) is 88.1 Å². The highest BCUT2D eigenvalue weighted by Crippen LogP contribution is 2.44. The van der Waals surface area contributed by atoms with Gasteiger partial charge in [-0.1, -0.05) is 152 Å². The van der Waals surface area contributed by atoms with Gasteiger partial charge in [-0.3, -0.25) is 18.7 Å². The van der Waals surface area contributed by atoms with Crippen LogP contribution in [0.5, 0.6) is 0 Å². The van der Waals surface area contributed by atoms with Crippen LogP contribution in [0.1, 0.15) is 0 Å². The highest BCUT2D eigenvalue weighted by molar-refractivity contribution is 7.00. The number of pyridine rings is 2. The van der Waals surface area contributed by atoms with Crippen LogP contribution >= 0.6 is 0 Å². The van der Waals surface area contributed by atoms with E-state index in [1.807, 2.05) is 88.0 Å². The minimum absolute atomic E-state index is 0.0671. The third kappa shape index (κ3) is 4.02. The van der Waals surface area contributed by atoms with E-state index < -0.39 is 0 Å². The summed E-state index contributed by atoms with van der Waals surface area (Å²) in [6.45, 7) is -0.240. The van der Waals surface area contributed by atoms with Crippen LogP contribution in [-0.4, -0.2) is 15.8 Å². The normalized spacial score (nSPS) is 12.5. The summed E-state index contributed by atoms with van der Waals surface area (Å²) in [5, 5.41) is 5.17. The number of rotatable bonds is 3. The fourth-order valence-corrected chi connectivity index (χ4v) is 9.64. The highest BCUT2D eigenvalue weighted by atomic mass is 16.1. The molecule has 8 aromatic carbocycles. The van der Waals surface area contributed by atoms with E-state index in [1.54, 1.807) is 0 Å². The van der Waals surface area contributed by atoms with Crippen molar-refractivity contribution in [2.75, 3.05) is 0 Å². The fraction of sp³-hybridized carbons (Fsp3) is 0. The van der Waals surface area contributed by atoms with Crippen molar-refractivity contribution in [2.45, 2.75) is 0 Å². The largest absolute Gasteiger partial charge is 0.277 e. The van der Waals surface area contributed by atoms with Gasteiger partial charge in [0.1, 0.15) is 0 Å². The van der Waals surface area contributed by atoms with Crippen LogP contribution in [0.3, 0.4) is 0 Å². The zero-order valence-corrected chi connectivity index (χ0v) is 29.5. The van der Waals surface area contributed by atoms with Gasteiger partial charge in [0.25, 0.3) is 17.8 Å². The van der Waals surface area contributed by atoms with Gasteiger partial charge in [0, 0.05) is 38.5 Å². The first-order valence-corrected chi connectivity index (χ1v) is 18.7. The Morgan fingerprint density at radius 2 is 0.745 bits per heavy atom. The van der Waals surface area contributed by atoms with Crippen molar-refractivity contribution >= 4 is 66.5 Å². The molecule has 0 spiro atoms. The highest BCUT2D eigenvalue weighted by Gasteiger charge is 2.42. The summed E-state index contributed by atoms with van der Waals surface area (Å²) in [6.07, 6.45) is 0. The van der Waals surface area contributed by atoms with E-state index in [0.29, 0.717) is 10.8 Å². The first kappa shape index (κ1) is 30.2. The van der Waals surface area contributed by atoms with Gasteiger partial charge in [0.2, 0.25) is 0 Å². The number of nitrogens with zero attached hydrogens (tertiary/aromatic N) is 2. The van der Waals surface area contributed by atoms with Crippen molar-refractivity contribution in [3.63, 3.8) is 0 Å². The Labute approximate surface area is 315 Å². The van der Waals surface area contributed by atoms with Gasteiger partial charge in [0.15, 0.2) is 0 Å². The van der Waals surface area contributed by atoms with Gasteiger partial charge < -0.3 is 0 Å². The van der Waals surface area contributed by atoms with Crippen LogP contribution < -0.4 is 27.5 Å². The van der Waals surface area contributed by atoms with Gasteiger partial charge >= 0.3 is 0 Å². The Morgan fingerprint density at radius 1 is 0.364 bits per heavy atom. The molecule has 5 heteroatoms. The predicted octanol–water partition coefficient (Wildman–Crippen LogP) is 8.75. The minimum atomic E-state index is -0.240. The monoisotopic (exact) mass is 700 g/mol. The Kier molecular flexibility index (Phi) is 6.13. The lowest BCUT2D eigenvalue weighted by atomic mass is 9.34. The molecule has 0 unspecified atom stereocenters. The molecule has 4 heterocycles. The molecule has 0 aliphatic carbocycles. The van der Waals surface area contributed by atoms with Crippen molar-refractivity contribution in [3.05, 3.63) is 197 Å². The van der Waals surface area contributed by atoms with Crippen LogP contribution in [0.15, 0.2) is 186 Å². The lowest BCUT2D eigenvalue weighted by molar-refractivity contribution is 1.05. The van der Waals surface area contributed by atoms with Crippen molar-refractivity contribution in [3.8, 4) is 44.8 Å². The summed E-state index contributed by atoms with van der Waals surface area (Å²) in [5.41, 5.74) is 12.7. The summed E-state index contributed by atoms with van der Waals surface area (Å²) in [5.74, 6) is 0. The van der Waals surface area contributed by atoms with Crippen LogP contribution in [0, 0.1) is 0 Å². The molecule has 0 saturated carbocycles. The third-order valence-corrected chi connectivity index (χ3v) is 11.9. The van der Waals surface area contributed by atoms with Crippen molar-refractivity contribution in [1.82, 2.24) is 9.13 Å². The maximum Gasteiger partial charge on any atom is 0.263 e. The molecule has 254 valence electrons. The first-order chi connectivity index (χ1) is 27.2. The summed E-state index contributed by atoms with van der Waals surface area (Å²) in [7, 11) is 0. The van der Waals surface area contributed by atoms with E-state index in [1.165, 1.54) is 0 Å². The Morgan fingerprint density at radius 3 is 1.18 bits per heavy atom. The molecule has 0 amide bonds. The average Bonchev–Trinajstić information content (AvgIpc) is 3.26. The van der Waals surface area contributed by atoms with Crippen LogP contribution in [-0.2, 0) is 0 Å². The number of fused-ring (bicyclic) bond motifs is 10. The molecule has 0 saturated heterocycles. The van der Waals surface area contributed by atoms with Gasteiger partial charge in [-0.2, -0.15) is 0 Å². The standard InChI is InChI=1S/C50H29BN2O2/c54-49-37-22-12-10-20-35(37)44-43(32-18-8-3-9-19-32)45-36-21-11-13-23-38(36)50(55)53-42-29-34(31-16-6-2-7-17-31)25-27-40(42)51-39-26-24-33(30-14-4-1-5-15-30)28-41(39)52(49)47(44)46(51)48(45)53/h1-29H. The molecule has 0 fully saturated rings. The molecule has 55 heavy (non-hydrogen) atoms. The summed E-state index contributed by atoms with van der Waals surface area (Å²) < 4.78 is 3.93. The molecule has 2 aromatic heterocycles. The average molecular weight is 701 g/mol.